The zero-order valence-corrected chi connectivity index (χ0v) is 8.56. The van der Waals surface area contributed by atoms with Crippen molar-refractivity contribution in [3.63, 3.8) is 0 Å². The molecule has 0 aliphatic heterocycles. The van der Waals surface area contributed by atoms with Gasteiger partial charge in [0.2, 0.25) is 0 Å². The maximum Gasteiger partial charge on any atom is 0.333 e. The van der Waals surface area contributed by atoms with Crippen molar-refractivity contribution in [3.05, 3.63) is 30.2 Å². The Balaban J connectivity index is 2.45. The largest absolute Gasteiger partial charge is 0.384 e. The first-order valence-corrected chi connectivity index (χ1v) is 4.63. The third kappa shape index (κ3) is 1.73. The predicted molar refractivity (Wildman–Crippen MR) is 55.9 cm³/mol. The minimum absolute atomic E-state index is 0.391. The van der Waals surface area contributed by atoms with E-state index in [2.05, 4.69) is 10.1 Å². The van der Waals surface area contributed by atoms with Crippen molar-refractivity contribution in [2.45, 2.75) is 13.5 Å². The van der Waals surface area contributed by atoms with Gasteiger partial charge in [0.1, 0.15) is 5.82 Å². The number of nitrogens with two attached hydrogens (primary N) is 1. The van der Waals surface area contributed by atoms with Crippen LogP contribution in [0.15, 0.2) is 24.5 Å². The molecule has 2 rings (SSSR count). The van der Waals surface area contributed by atoms with Crippen molar-refractivity contribution in [1.82, 2.24) is 14.8 Å². The van der Waals surface area contributed by atoms with Gasteiger partial charge < -0.3 is 5.73 Å². The van der Waals surface area contributed by atoms with Crippen LogP contribution in [0.3, 0.4) is 0 Å². The highest BCUT2D eigenvalue weighted by atomic mass is 19.3. The summed E-state index contributed by atoms with van der Waals surface area (Å²) in [6, 6.07) is 3.34. The lowest BCUT2D eigenvalue weighted by Crippen LogP contribution is -2.02. The maximum absolute atomic E-state index is 12.5. The summed E-state index contributed by atoms with van der Waals surface area (Å²) in [5, 5.41) is 3.62. The van der Waals surface area contributed by atoms with Crippen molar-refractivity contribution in [1.29, 1.82) is 0 Å². The van der Waals surface area contributed by atoms with Gasteiger partial charge in [-0.05, 0) is 19.1 Å². The molecule has 0 amide bonds. The van der Waals surface area contributed by atoms with E-state index in [1.165, 1.54) is 12.4 Å². The fourth-order valence-corrected chi connectivity index (χ4v) is 1.47. The van der Waals surface area contributed by atoms with Gasteiger partial charge >= 0.3 is 6.55 Å². The van der Waals surface area contributed by atoms with Crippen LogP contribution in [0.4, 0.5) is 14.6 Å². The van der Waals surface area contributed by atoms with Crippen LogP contribution in [-0.2, 0) is 0 Å². The molecule has 2 aromatic heterocycles. The van der Waals surface area contributed by atoms with Crippen LogP contribution in [0.5, 0.6) is 0 Å². The van der Waals surface area contributed by atoms with Gasteiger partial charge in [-0.15, -0.1) is 0 Å². The highest BCUT2D eigenvalue weighted by Gasteiger charge is 2.14. The minimum atomic E-state index is -2.63. The number of hydrogen-bond donors (Lipinski definition) is 1. The maximum atomic E-state index is 12.5. The lowest BCUT2D eigenvalue weighted by molar-refractivity contribution is 0.0545. The first-order chi connectivity index (χ1) is 7.59. The number of aromatic nitrogens is 3. The molecule has 0 radical (unpaired) electrons. The first kappa shape index (κ1) is 10.5. The molecule has 84 valence electrons. The molecule has 2 aromatic rings. The molecule has 2 N–H and O–H groups in total. The Kier molecular flexibility index (Phi) is 2.55. The number of halogens is 2. The summed E-state index contributed by atoms with van der Waals surface area (Å²) >= 11 is 0. The van der Waals surface area contributed by atoms with Crippen LogP contribution in [0.2, 0.25) is 0 Å². The Morgan fingerprint density at radius 2 is 2.06 bits per heavy atom. The first-order valence-electron chi connectivity index (χ1n) is 4.63. The van der Waals surface area contributed by atoms with E-state index >= 15 is 0 Å². The summed E-state index contributed by atoms with van der Waals surface area (Å²) < 4.78 is 25.6. The molecule has 0 aromatic carbocycles. The van der Waals surface area contributed by atoms with Gasteiger partial charge in [-0.25, -0.2) is 9.67 Å². The summed E-state index contributed by atoms with van der Waals surface area (Å²) in [5.41, 5.74) is 7.20. The van der Waals surface area contributed by atoms with Gasteiger partial charge in [0, 0.05) is 23.0 Å². The fourth-order valence-electron chi connectivity index (χ4n) is 1.47. The monoisotopic (exact) mass is 224 g/mol. The molecule has 0 bridgehead atoms. The molecule has 0 aliphatic rings. The van der Waals surface area contributed by atoms with E-state index in [9.17, 15) is 8.78 Å². The minimum Gasteiger partial charge on any atom is -0.384 e. The van der Waals surface area contributed by atoms with Gasteiger partial charge in [0.15, 0.2) is 0 Å². The number of rotatable bonds is 2. The second kappa shape index (κ2) is 3.88. The van der Waals surface area contributed by atoms with Crippen molar-refractivity contribution in [2.75, 3.05) is 5.73 Å². The Bertz CT molecular complexity index is 490. The van der Waals surface area contributed by atoms with E-state index in [1.807, 2.05) is 0 Å². The van der Waals surface area contributed by atoms with Crippen LogP contribution >= 0.6 is 0 Å². The number of nitrogen functional groups attached to an aromatic ring is 1. The van der Waals surface area contributed by atoms with Crippen molar-refractivity contribution in [2.24, 2.45) is 0 Å². The summed E-state index contributed by atoms with van der Waals surface area (Å²) in [4.78, 5) is 3.90. The molecule has 0 atom stereocenters. The molecule has 16 heavy (non-hydrogen) atoms. The molecule has 0 fully saturated rings. The number of hydrogen-bond acceptors (Lipinski definition) is 3. The van der Waals surface area contributed by atoms with Gasteiger partial charge in [0.25, 0.3) is 0 Å². The van der Waals surface area contributed by atoms with Gasteiger partial charge in [-0.3, -0.25) is 0 Å². The zero-order valence-electron chi connectivity index (χ0n) is 8.56. The highest BCUT2D eigenvalue weighted by Crippen LogP contribution is 2.25. The standard InChI is InChI=1S/C10H10F2N4/c1-6-8(5-15-16(6)10(11)12)7-2-3-9(13)14-4-7/h2-5,10H,1H3,(H2,13,14). The normalized spacial score (nSPS) is 11.0. The Morgan fingerprint density at radius 1 is 1.31 bits per heavy atom. The van der Waals surface area contributed by atoms with Gasteiger partial charge in [-0.1, -0.05) is 0 Å². The lowest BCUT2D eigenvalue weighted by Gasteiger charge is -2.03. The zero-order chi connectivity index (χ0) is 11.7. The predicted octanol–water partition coefficient (Wildman–Crippen LogP) is 2.23. The van der Waals surface area contributed by atoms with Gasteiger partial charge in [0.05, 0.1) is 6.20 Å². The molecule has 0 spiro atoms. The molecule has 4 nitrogen and oxygen atoms in total. The third-order valence-electron chi connectivity index (χ3n) is 2.33. The van der Waals surface area contributed by atoms with Gasteiger partial charge in [-0.2, -0.15) is 13.9 Å². The van der Waals surface area contributed by atoms with Crippen LogP contribution < -0.4 is 5.73 Å². The fraction of sp³-hybridized carbons (Fsp3) is 0.200. The molecule has 2 heterocycles. The number of anilines is 1. The van der Waals surface area contributed by atoms with E-state index in [-0.39, 0.29) is 0 Å². The molecule has 6 heteroatoms. The Hall–Kier alpha value is -1.98. The van der Waals surface area contributed by atoms with Crippen LogP contribution in [-0.4, -0.2) is 14.8 Å². The summed E-state index contributed by atoms with van der Waals surface area (Å²) in [6.45, 7) is -1.04. The average molecular weight is 224 g/mol. The van der Waals surface area contributed by atoms with Crippen molar-refractivity contribution in [3.8, 4) is 11.1 Å². The Labute approximate surface area is 90.7 Å². The van der Waals surface area contributed by atoms with E-state index in [4.69, 9.17) is 5.73 Å². The van der Waals surface area contributed by atoms with E-state index in [0.29, 0.717) is 21.8 Å². The summed E-state index contributed by atoms with van der Waals surface area (Å²) in [6.07, 6.45) is 2.93. The molecular formula is C10H10F2N4. The quantitative estimate of drug-likeness (QED) is 0.850. The second-order valence-corrected chi connectivity index (χ2v) is 3.34. The highest BCUT2D eigenvalue weighted by molar-refractivity contribution is 5.65. The lowest BCUT2D eigenvalue weighted by atomic mass is 10.1. The molecular weight excluding hydrogens is 214 g/mol. The smallest absolute Gasteiger partial charge is 0.333 e. The van der Waals surface area contributed by atoms with Crippen LogP contribution in [0.25, 0.3) is 11.1 Å². The molecule has 0 aliphatic carbocycles. The Morgan fingerprint density at radius 3 is 2.56 bits per heavy atom. The van der Waals surface area contributed by atoms with Crippen LogP contribution in [0, 0.1) is 6.92 Å². The second-order valence-electron chi connectivity index (χ2n) is 3.34. The SMILES string of the molecule is Cc1c(-c2ccc(N)nc2)cnn1C(F)F. The van der Waals surface area contributed by atoms with E-state index < -0.39 is 6.55 Å². The number of alkyl halides is 2. The summed E-state index contributed by atoms with van der Waals surface area (Å²) in [7, 11) is 0. The van der Waals surface area contributed by atoms with Crippen molar-refractivity contribution >= 4 is 5.82 Å². The number of pyridine rings is 1. The average Bonchev–Trinajstić information content (AvgIpc) is 2.61. The van der Waals surface area contributed by atoms with E-state index in [1.54, 1.807) is 19.1 Å². The van der Waals surface area contributed by atoms with E-state index in [0.717, 1.165) is 5.56 Å². The topological polar surface area (TPSA) is 56.7 Å². The molecule has 0 unspecified atom stereocenters. The van der Waals surface area contributed by atoms with Crippen molar-refractivity contribution < 1.29 is 8.78 Å². The van der Waals surface area contributed by atoms with Crippen LogP contribution in [0.1, 0.15) is 12.2 Å². The number of nitrogens with zero attached hydrogens (tertiary/aromatic N) is 3. The summed E-state index contributed by atoms with van der Waals surface area (Å²) in [5.74, 6) is 0.391. The third-order valence-corrected chi connectivity index (χ3v) is 2.33. The molecule has 0 saturated heterocycles. The molecule has 0 saturated carbocycles.